The smallest absolute Gasteiger partial charge is 0.176 e. The topological polar surface area (TPSA) is 37.3 Å². The molecule has 0 aromatic heterocycles. The number of carbonyl (C=O) groups excluding carboxylic acids is 1. The van der Waals surface area contributed by atoms with Gasteiger partial charge < -0.3 is 5.11 Å². The van der Waals surface area contributed by atoms with Gasteiger partial charge in [0.1, 0.15) is 0 Å². The summed E-state index contributed by atoms with van der Waals surface area (Å²) in [7, 11) is 0. The minimum absolute atomic E-state index is 0.0352. The predicted molar refractivity (Wildman–Crippen MR) is 83.1 cm³/mol. The van der Waals surface area contributed by atoms with Crippen molar-refractivity contribution in [3.63, 3.8) is 0 Å². The van der Waals surface area contributed by atoms with Crippen molar-refractivity contribution < 1.29 is 14.3 Å². The summed E-state index contributed by atoms with van der Waals surface area (Å²) in [6.45, 7) is 4.42. The van der Waals surface area contributed by atoms with E-state index in [1.165, 1.54) is 25.7 Å². The predicted octanol–water partition coefficient (Wildman–Crippen LogP) is 4.05. The van der Waals surface area contributed by atoms with Crippen molar-refractivity contribution in [1.82, 2.24) is 0 Å². The van der Waals surface area contributed by atoms with Crippen molar-refractivity contribution in [1.29, 1.82) is 0 Å². The average Bonchev–Trinajstić information content (AvgIpc) is 2.84. The van der Waals surface area contributed by atoms with E-state index in [-0.39, 0.29) is 12.2 Å². The molecular formula is C19H29FO2. The van der Waals surface area contributed by atoms with Crippen LogP contribution in [-0.2, 0) is 4.79 Å². The van der Waals surface area contributed by atoms with Crippen LogP contribution in [0.15, 0.2) is 0 Å². The van der Waals surface area contributed by atoms with E-state index in [0.29, 0.717) is 42.4 Å². The Labute approximate surface area is 132 Å². The Morgan fingerprint density at radius 2 is 1.86 bits per heavy atom. The zero-order valence-electron chi connectivity index (χ0n) is 13.9. The number of hydrogen-bond donors (Lipinski definition) is 1. The molecule has 0 aromatic rings. The Bertz CT molecular complexity index is 506. The molecule has 0 amide bonds. The molecule has 0 aromatic carbocycles. The Hall–Kier alpha value is -0.440. The molecule has 7 atom stereocenters. The van der Waals surface area contributed by atoms with E-state index in [0.717, 1.165) is 6.42 Å². The zero-order valence-corrected chi connectivity index (χ0v) is 13.9. The average molecular weight is 308 g/mol. The second-order valence-corrected chi connectivity index (χ2v) is 9.20. The van der Waals surface area contributed by atoms with Gasteiger partial charge in [0.2, 0.25) is 0 Å². The van der Waals surface area contributed by atoms with Crippen LogP contribution in [0.3, 0.4) is 0 Å². The van der Waals surface area contributed by atoms with E-state index in [1.807, 2.05) is 6.92 Å². The van der Waals surface area contributed by atoms with E-state index in [2.05, 4.69) is 6.92 Å². The molecule has 4 saturated carbocycles. The first-order valence-corrected chi connectivity index (χ1v) is 9.20. The van der Waals surface area contributed by atoms with Crippen LogP contribution in [0.2, 0.25) is 0 Å². The largest absolute Gasteiger partial charge is 0.393 e. The van der Waals surface area contributed by atoms with Gasteiger partial charge in [0.05, 0.1) is 6.10 Å². The maximum absolute atomic E-state index is 15.7. The Morgan fingerprint density at radius 1 is 1.09 bits per heavy atom. The summed E-state index contributed by atoms with van der Waals surface area (Å²) >= 11 is 0. The first-order chi connectivity index (χ1) is 10.3. The maximum atomic E-state index is 15.7. The van der Waals surface area contributed by atoms with Crippen molar-refractivity contribution in [2.24, 2.45) is 28.6 Å². The van der Waals surface area contributed by atoms with Gasteiger partial charge in [-0.2, -0.15) is 0 Å². The monoisotopic (exact) mass is 308 g/mol. The highest BCUT2D eigenvalue weighted by molar-refractivity contribution is 5.89. The number of hydrogen-bond acceptors (Lipinski definition) is 2. The maximum Gasteiger partial charge on any atom is 0.176 e. The summed E-state index contributed by atoms with van der Waals surface area (Å²) in [6.07, 6.45) is 7.19. The normalized spacial score (nSPS) is 57.9. The molecule has 4 fully saturated rings. The fourth-order valence-corrected chi connectivity index (χ4v) is 6.97. The Morgan fingerprint density at radius 3 is 2.64 bits per heavy atom. The van der Waals surface area contributed by atoms with Gasteiger partial charge in [-0.3, -0.25) is 4.79 Å². The number of halogens is 1. The Kier molecular flexibility index (Phi) is 3.13. The minimum Gasteiger partial charge on any atom is -0.393 e. The second kappa shape index (κ2) is 4.55. The van der Waals surface area contributed by atoms with Gasteiger partial charge in [0.15, 0.2) is 11.5 Å². The lowest BCUT2D eigenvalue weighted by Gasteiger charge is -2.61. The summed E-state index contributed by atoms with van der Waals surface area (Å²) < 4.78 is 15.7. The van der Waals surface area contributed by atoms with Crippen molar-refractivity contribution in [2.45, 2.75) is 83.4 Å². The molecule has 4 rings (SSSR count). The standard InChI is InChI=1S/C19H29FO2/c1-17-7-3-4-14(17)13-10-16(22)19(20)11-12(21)5-9-18(19,2)15(13)6-8-17/h12-15,21H,3-11H2,1-2H3/t12?,13-,14-,15+,17-,18+,19?/m0/s1. The first-order valence-electron chi connectivity index (χ1n) is 9.20. The van der Waals surface area contributed by atoms with Gasteiger partial charge in [-0.05, 0) is 61.7 Å². The first kappa shape index (κ1) is 15.1. The fraction of sp³-hybridized carbons (Fsp3) is 0.947. The van der Waals surface area contributed by atoms with E-state index < -0.39 is 17.2 Å². The van der Waals surface area contributed by atoms with Crippen molar-refractivity contribution >= 4 is 5.78 Å². The van der Waals surface area contributed by atoms with Gasteiger partial charge in [-0.1, -0.05) is 20.3 Å². The number of aliphatic hydroxyl groups is 1. The van der Waals surface area contributed by atoms with E-state index in [9.17, 15) is 9.90 Å². The van der Waals surface area contributed by atoms with Gasteiger partial charge in [-0.15, -0.1) is 0 Å². The molecule has 0 heterocycles. The van der Waals surface area contributed by atoms with Crippen LogP contribution in [0, 0.1) is 28.6 Å². The molecule has 4 aliphatic carbocycles. The lowest BCUT2D eigenvalue weighted by atomic mass is 9.44. The molecule has 0 spiro atoms. The van der Waals surface area contributed by atoms with Gasteiger partial charge in [0.25, 0.3) is 0 Å². The van der Waals surface area contributed by atoms with Crippen LogP contribution in [0.4, 0.5) is 4.39 Å². The molecule has 4 aliphatic rings. The van der Waals surface area contributed by atoms with Crippen LogP contribution in [-0.4, -0.2) is 22.7 Å². The molecule has 0 bridgehead atoms. The number of fused-ring (bicyclic) bond motifs is 5. The summed E-state index contributed by atoms with van der Waals surface area (Å²) in [6, 6.07) is 0. The number of aliphatic hydroxyl groups excluding tert-OH is 1. The van der Waals surface area contributed by atoms with Crippen LogP contribution in [0.5, 0.6) is 0 Å². The third kappa shape index (κ3) is 1.72. The number of ketones is 1. The fourth-order valence-electron chi connectivity index (χ4n) is 6.97. The number of rotatable bonds is 0. The van der Waals surface area contributed by atoms with Gasteiger partial charge >= 0.3 is 0 Å². The lowest BCUT2D eigenvalue weighted by molar-refractivity contribution is -0.189. The molecule has 2 nitrogen and oxygen atoms in total. The zero-order chi connectivity index (χ0) is 15.8. The highest BCUT2D eigenvalue weighted by Crippen LogP contribution is 2.67. The summed E-state index contributed by atoms with van der Waals surface area (Å²) in [4.78, 5) is 12.8. The molecule has 3 heteroatoms. The van der Waals surface area contributed by atoms with Gasteiger partial charge in [-0.25, -0.2) is 4.39 Å². The summed E-state index contributed by atoms with van der Waals surface area (Å²) in [5.74, 6) is 1.13. The summed E-state index contributed by atoms with van der Waals surface area (Å²) in [5, 5.41) is 9.94. The highest BCUT2D eigenvalue weighted by atomic mass is 19.1. The van der Waals surface area contributed by atoms with Crippen LogP contribution >= 0.6 is 0 Å². The lowest BCUT2D eigenvalue weighted by Crippen LogP contribution is -2.64. The molecule has 1 N–H and O–H groups in total. The van der Waals surface area contributed by atoms with Crippen molar-refractivity contribution in [3.05, 3.63) is 0 Å². The van der Waals surface area contributed by atoms with E-state index in [1.54, 1.807) is 0 Å². The third-order valence-electron chi connectivity index (χ3n) is 8.32. The van der Waals surface area contributed by atoms with Crippen molar-refractivity contribution in [3.8, 4) is 0 Å². The number of Topliss-reactive ketones (excluding diaryl/α,β-unsaturated/α-hetero) is 1. The molecule has 0 radical (unpaired) electrons. The number of alkyl halides is 1. The van der Waals surface area contributed by atoms with E-state index >= 15 is 4.39 Å². The molecule has 0 saturated heterocycles. The van der Waals surface area contributed by atoms with Crippen LogP contribution < -0.4 is 0 Å². The molecule has 0 aliphatic heterocycles. The molecular weight excluding hydrogens is 279 g/mol. The van der Waals surface area contributed by atoms with Crippen molar-refractivity contribution in [2.75, 3.05) is 0 Å². The van der Waals surface area contributed by atoms with E-state index in [4.69, 9.17) is 0 Å². The third-order valence-corrected chi connectivity index (χ3v) is 8.32. The van der Waals surface area contributed by atoms with Crippen LogP contribution in [0.25, 0.3) is 0 Å². The summed E-state index contributed by atoms with van der Waals surface area (Å²) in [5.41, 5.74) is -1.93. The molecule has 2 unspecified atom stereocenters. The second-order valence-electron chi connectivity index (χ2n) is 9.20. The van der Waals surface area contributed by atoms with Crippen LogP contribution in [0.1, 0.15) is 71.6 Å². The Balaban J connectivity index is 1.73. The van der Waals surface area contributed by atoms with Gasteiger partial charge in [0, 0.05) is 18.3 Å². The highest BCUT2D eigenvalue weighted by Gasteiger charge is 2.67. The number of carbonyl (C=O) groups is 1. The minimum atomic E-state index is -1.78. The molecule has 124 valence electrons. The SMILES string of the molecule is C[C@@]12CCC[C@H]1[C@@H]1CC(=O)C3(F)CC(O)CC[C@]3(C)[C@@H]1CC2. The quantitative estimate of drug-likeness (QED) is 0.733. The molecule has 22 heavy (non-hydrogen) atoms.